The number of hydrogen-bond donors (Lipinski definition) is 1. The van der Waals surface area contributed by atoms with E-state index in [1.54, 1.807) is 18.2 Å². The molecule has 0 saturated carbocycles. The molecule has 3 aromatic carbocycles. The van der Waals surface area contributed by atoms with Gasteiger partial charge in [0.25, 0.3) is 0 Å². The number of nitrogens with zero attached hydrogens (tertiary/aromatic N) is 1. The summed E-state index contributed by atoms with van der Waals surface area (Å²) in [6.07, 6.45) is 1.20. The van der Waals surface area contributed by atoms with Gasteiger partial charge in [0.15, 0.2) is 9.84 Å². The Morgan fingerprint density at radius 1 is 0.846 bits per heavy atom. The fourth-order valence-electron chi connectivity index (χ4n) is 2.82. The van der Waals surface area contributed by atoms with E-state index in [1.165, 1.54) is 6.26 Å². The Kier molecular flexibility index (Phi) is 4.05. The summed E-state index contributed by atoms with van der Waals surface area (Å²) in [6.45, 7) is 0. The second-order valence-electron chi connectivity index (χ2n) is 6.12. The topological polar surface area (TPSA) is 62.8 Å². The number of H-pyrrole nitrogens is 1. The van der Waals surface area contributed by atoms with Gasteiger partial charge in [-0.1, -0.05) is 48.0 Å². The molecule has 4 nitrogen and oxygen atoms in total. The molecule has 0 amide bonds. The summed E-state index contributed by atoms with van der Waals surface area (Å²) in [7, 11) is -3.25. The van der Waals surface area contributed by atoms with Crippen LogP contribution < -0.4 is 0 Å². The number of imidazole rings is 1. The van der Waals surface area contributed by atoms with E-state index in [9.17, 15) is 8.42 Å². The molecule has 4 aromatic rings. The van der Waals surface area contributed by atoms with Crippen LogP contribution in [0.25, 0.3) is 33.5 Å². The Hall–Kier alpha value is -2.63. The predicted molar refractivity (Wildman–Crippen MR) is 105 cm³/mol. The average Bonchev–Trinajstić information content (AvgIpc) is 3.05. The molecule has 0 radical (unpaired) electrons. The molecule has 26 heavy (non-hydrogen) atoms. The van der Waals surface area contributed by atoms with Crippen molar-refractivity contribution in [2.24, 2.45) is 0 Å². The second-order valence-corrected chi connectivity index (χ2v) is 8.57. The van der Waals surface area contributed by atoms with Gasteiger partial charge in [0, 0.05) is 16.8 Å². The van der Waals surface area contributed by atoms with Gasteiger partial charge in [0.2, 0.25) is 0 Å². The van der Waals surface area contributed by atoms with Gasteiger partial charge in [-0.15, -0.1) is 0 Å². The van der Waals surface area contributed by atoms with Crippen molar-refractivity contribution in [1.82, 2.24) is 9.97 Å². The van der Waals surface area contributed by atoms with E-state index in [-0.39, 0.29) is 4.90 Å². The number of sulfone groups is 1. The molecular formula is C20H15ClN2O2S. The fraction of sp³-hybridized carbons (Fsp3) is 0.0500. The number of fused-ring (bicyclic) bond motifs is 1. The Balaban J connectivity index is 1.70. The van der Waals surface area contributed by atoms with Gasteiger partial charge < -0.3 is 4.98 Å². The lowest BCUT2D eigenvalue weighted by molar-refractivity contribution is 0.602. The predicted octanol–water partition coefficient (Wildman–Crippen LogP) is 4.95. The third-order valence-electron chi connectivity index (χ3n) is 4.22. The lowest BCUT2D eigenvalue weighted by Crippen LogP contribution is -1.96. The van der Waals surface area contributed by atoms with Crippen molar-refractivity contribution >= 4 is 32.5 Å². The molecule has 0 aliphatic rings. The maximum atomic E-state index is 11.7. The quantitative estimate of drug-likeness (QED) is 0.545. The van der Waals surface area contributed by atoms with Crippen LogP contribution in [-0.2, 0) is 9.84 Å². The van der Waals surface area contributed by atoms with Crippen LogP contribution in [-0.4, -0.2) is 24.6 Å². The molecule has 6 heteroatoms. The number of hydrogen-bond acceptors (Lipinski definition) is 3. The van der Waals surface area contributed by atoms with Gasteiger partial charge in [-0.05, 0) is 41.5 Å². The zero-order valence-electron chi connectivity index (χ0n) is 13.9. The van der Waals surface area contributed by atoms with Gasteiger partial charge >= 0.3 is 0 Å². The highest BCUT2D eigenvalue weighted by molar-refractivity contribution is 7.90. The number of aromatic nitrogens is 2. The highest BCUT2D eigenvalue weighted by atomic mass is 35.5. The third-order valence-corrected chi connectivity index (χ3v) is 5.58. The van der Waals surface area contributed by atoms with Crippen molar-refractivity contribution in [3.63, 3.8) is 0 Å². The smallest absolute Gasteiger partial charge is 0.175 e. The van der Waals surface area contributed by atoms with Crippen LogP contribution in [0.3, 0.4) is 0 Å². The van der Waals surface area contributed by atoms with Gasteiger partial charge in [-0.2, -0.15) is 0 Å². The molecule has 0 atom stereocenters. The summed E-state index contributed by atoms with van der Waals surface area (Å²) in [5.41, 5.74) is 4.53. The van der Waals surface area contributed by atoms with Gasteiger partial charge in [0.1, 0.15) is 5.82 Å². The average molecular weight is 383 g/mol. The van der Waals surface area contributed by atoms with Crippen molar-refractivity contribution in [3.05, 3.63) is 71.8 Å². The molecule has 0 unspecified atom stereocenters. The molecular weight excluding hydrogens is 368 g/mol. The molecule has 0 fully saturated rings. The highest BCUT2D eigenvalue weighted by Crippen LogP contribution is 2.26. The van der Waals surface area contributed by atoms with E-state index in [1.807, 2.05) is 48.5 Å². The second kappa shape index (κ2) is 6.27. The summed E-state index contributed by atoms with van der Waals surface area (Å²) in [5.74, 6) is 0.702. The van der Waals surface area contributed by atoms with Crippen LogP contribution in [0.5, 0.6) is 0 Å². The molecule has 130 valence electrons. The summed E-state index contributed by atoms with van der Waals surface area (Å²) in [5, 5.41) is 0.709. The van der Waals surface area contributed by atoms with Crippen molar-refractivity contribution in [1.29, 1.82) is 0 Å². The summed E-state index contributed by atoms with van der Waals surface area (Å²) < 4.78 is 23.4. The molecule has 1 heterocycles. The lowest BCUT2D eigenvalue weighted by atomic mass is 10.0. The molecule has 1 aromatic heterocycles. The minimum absolute atomic E-state index is 0.276. The highest BCUT2D eigenvalue weighted by Gasteiger charge is 2.11. The fourth-order valence-corrected chi connectivity index (χ4v) is 3.59. The van der Waals surface area contributed by atoms with Crippen LogP contribution in [0.4, 0.5) is 0 Å². The van der Waals surface area contributed by atoms with Crippen LogP contribution in [0, 0.1) is 0 Å². The zero-order chi connectivity index (χ0) is 18.3. The van der Waals surface area contributed by atoms with Gasteiger partial charge in [0.05, 0.1) is 15.9 Å². The lowest BCUT2D eigenvalue weighted by Gasteiger charge is -2.03. The van der Waals surface area contributed by atoms with Crippen molar-refractivity contribution in [2.75, 3.05) is 6.26 Å². The summed E-state index contributed by atoms with van der Waals surface area (Å²) >= 11 is 5.93. The number of halogens is 1. The Labute approximate surface area is 156 Å². The van der Waals surface area contributed by atoms with Gasteiger partial charge in [-0.3, -0.25) is 0 Å². The molecule has 0 saturated heterocycles. The maximum Gasteiger partial charge on any atom is 0.175 e. The standard InChI is InChI=1S/C20H15ClN2O2S/c1-26(24,25)17-10-11-18-19(12-17)23-20(22-18)15-4-2-13(3-5-15)14-6-8-16(21)9-7-14/h2-12H,1H3,(H,22,23). The van der Waals surface area contributed by atoms with Crippen LogP contribution >= 0.6 is 11.6 Å². The summed E-state index contributed by atoms with van der Waals surface area (Å²) in [4.78, 5) is 8.03. The van der Waals surface area contributed by atoms with E-state index in [0.717, 1.165) is 22.2 Å². The van der Waals surface area contributed by atoms with E-state index >= 15 is 0 Å². The largest absolute Gasteiger partial charge is 0.338 e. The Morgan fingerprint density at radius 3 is 2.04 bits per heavy atom. The van der Waals surface area contributed by atoms with Crippen LogP contribution in [0.1, 0.15) is 0 Å². The third kappa shape index (κ3) is 3.23. The number of nitrogens with one attached hydrogen (secondary N) is 1. The SMILES string of the molecule is CS(=O)(=O)c1ccc2nc(-c3ccc(-c4ccc(Cl)cc4)cc3)[nH]c2c1. The molecule has 0 aliphatic heterocycles. The number of rotatable bonds is 3. The maximum absolute atomic E-state index is 11.7. The normalized spacial score (nSPS) is 11.8. The van der Waals surface area contributed by atoms with Crippen molar-refractivity contribution in [2.45, 2.75) is 4.90 Å². The minimum atomic E-state index is -3.25. The molecule has 0 bridgehead atoms. The first-order chi connectivity index (χ1) is 12.4. The van der Waals surface area contributed by atoms with E-state index < -0.39 is 9.84 Å². The first-order valence-electron chi connectivity index (χ1n) is 7.96. The van der Waals surface area contributed by atoms with Crippen molar-refractivity contribution in [3.8, 4) is 22.5 Å². The molecule has 1 N–H and O–H groups in total. The monoisotopic (exact) mass is 382 g/mol. The Bertz CT molecular complexity index is 1200. The zero-order valence-corrected chi connectivity index (χ0v) is 15.5. The Morgan fingerprint density at radius 2 is 1.42 bits per heavy atom. The number of benzene rings is 3. The van der Waals surface area contributed by atoms with Crippen LogP contribution in [0.15, 0.2) is 71.6 Å². The van der Waals surface area contributed by atoms with Crippen molar-refractivity contribution < 1.29 is 8.42 Å². The molecule has 0 aliphatic carbocycles. The van der Waals surface area contributed by atoms with Crippen LogP contribution in [0.2, 0.25) is 5.02 Å². The minimum Gasteiger partial charge on any atom is -0.338 e. The summed E-state index contributed by atoms with van der Waals surface area (Å²) in [6, 6.07) is 20.6. The number of aromatic amines is 1. The molecule has 0 spiro atoms. The molecule has 4 rings (SSSR count). The van der Waals surface area contributed by atoms with E-state index in [4.69, 9.17) is 11.6 Å². The first-order valence-corrected chi connectivity index (χ1v) is 10.2. The van der Waals surface area contributed by atoms with E-state index in [0.29, 0.717) is 16.4 Å². The van der Waals surface area contributed by atoms with Gasteiger partial charge in [-0.25, -0.2) is 13.4 Å². The van der Waals surface area contributed by atoms with E-state index in [2.05, 4.69) is 9.97 Å². The first kappa shape index (κ1) is 16.8.